The maximum atomic E-state index is 11.6. The zero-order valence-corrected chi connectivity index (χ0v) is 20.3. The van der Waals surface area contributed by atoms with E-state index in [9.17, 15) is 4.79 Å². The quantitative estimate of drug-likeness (QED) is 0.427. The van der Waals surface area contributed by atoms with E-state index in [-0.39, 0.29) is 5.91 Å². The third kappa shape index (κ3) is 3.81. The molecule has 1 amide bonds. The van der Waals surface area contributed by atoms with E-state index >= 15 is 0 Å². The second-order valence-electron chi connectivity index (χ2n) is 8.72. The molecule has 2 aliphatic rings. The molecule has 0 bridgehead atoms. The Labute approximate surface area is 206 Å². The lowest BCUT2D eigenvalue weighted by atomic mass is 9.95. The van der Waals surface area contributed by atoms with Crippen LogP contribution in [0.1, 0.15) is 30.2 Å². The maximum absolute atomic E-state index is 11.6. The number of hydrogen-bond acceptors (Lipinski definition) is 6. The largest absolute Gasteiger partial charge is 0.302 e. The monoisotopic (exact) mass is 490 g/mol. The fourth-order valence-corrected chi connectivity index (χ4v) is 6.00. The van der Waals surface area contributed by atoms with Gasteiger partial charge < -0.3 is 5.32 Å². The highest BCUT2D eigenvalue weighted by atomic mass is 35.5. The van der Waals surface area contributed by atoms with Crippen molar-refractivity contribution in [3.05, 3.63) is 64.6 Å². The molecular formula is C25H23ClN6OS. The number of carbonyl (C=O) groups excluding carboxylic acids is 1. The molecule has 9 heteroatoms. The molecule has 4 heterocycles. The van der Waals surface area contributed by atoms with Crippen LogP contribution in [0.15, 0.2) is 42.7 Å². The third-order valence-corrected chi connectivity index (χ3v) is 7.64. The summed E-state index contributed by atoms with van der Waals surface area (Å²) in [7, 11) is 0. The number of halogens is 1. The molecule has 7 nitrogen and oxygen atoms in total. The van der Waals surface area contributed by atoms with Gasteiger partial charge in [0.2, 0.25) is 5.91 Å². The number of amides is 1. The molecule has 1 saturated heterocycles. The molecule has 1 N–H and O–H groups in total. The first-order chi connectivity index (χ1) is 16.6. The average Bonchev–Trinajstić information content (AvgIpc) is 3.37. The van der Waals surface area contributed by atoms with Crippen LogP contribution in [0.25, 0.3) is 27.5 Å². The van der Waals surface area contributed by atoms with Crippen LogP contribution in [0.3, 0.4) is 0 Å². The number of pyridine rings is 1. The minimum atomic E-state index is -0.128. The van der Waals surface area contributed by atoms with Gasteiger partial charge in [0.25, 0.3) is 0 Å². The fourth-order valence-electron chi connectivity index (χ4n) is 4.60. The van der Waals surface area contributed by atoms with E-state index in [1.54, 1.807) is 6.20 Å². The molecule has 0 unspecified atom stereocenters. The summed E-state index contributed by atoms with van der Waals surface area (Å²) in [5.74, 6) is -0.128. The van der Waals surface area contributed by atoms with Crippen LogP contribution in [0.2, 0.25) is 5.02 Å². The predicted molar refractivity (Wildman–Crippen MR) is 135 cm³/mol. The Hall–Kier alpha value is -3.07. The van der Waals surface area contributed by atoms with Crippen molar-refractivity contribution >= 4 is 34.0 Å². The number of carbonyl (C=O) groups is 1. The first-order valence-electron chi connectivity index (χ1n) is 11.4. The Morgan fingerprint density at radius 1 is 1.24 bits per heavy atom. The standard InChI is InChI=1S/C25H23ClN6OS/c1-15(33)28-25-29-20-7-6-18-22(17-4-2-9-27-13-17)30-32(23(18)24(20)34-25)21-8-5-16(12-19(21)26)14-31-10-3-11-31/h2,4-5,8-9,12-13H,3,6-7,10-11,14H2,1H3,(H,28,29,33). The molecule has 1 aliphatic carbocycles. The molecule has 4 aromatic rings. The molecule has 3 aromatic heterocycles. The Morgan fingerprint density at radius 2 is 2.12 bits per heavy atom. The van der Waals surface area contributed by atoms with Crippen molar-refractivity contribution in [2.75, 3.05) is 18.4 Å². The number of rotatable bonds is 5. The normalized spacial score (nSPS) is 14.9. The number of likely N-dealkylation sites (tertiary alicyclic amines) is 1. The van der Waals surface area contributed by atoms with Gasteiger partial charge in [-0.25, -0.2) is 9.67 Å². The number of thiazole rings is 1. The van der Waals surface area contributed by atoms with Gasteiger partial charge >= 0.3 is 0 Å². The second kappa shape index (κ2) is 8.61. The lowest BCUT2D eigenvalue weighted by molar-refractivity contribution is -0.114. The molecule has 0 spiro atoms. The van der Waals surface area contributed by atoms with Crippen molar-refractivity contribution in [3.63, 3.8) is 0 Å². The third-order valence-electron chi connectivity index (χ3n) is 6.32. The van der Waals surface area contributed by atoms with Gasteiger partial charge in [0, 0.05) is 37.0 Å². The van der Waals surface area contributed by atoms with E-state index in [0.717, 1.165) is 71.2 Å². The van der Waals surface area contributed by atoms with E-state index in [4.69, 9.17) is 16.7 Å². The zero-order valence-electron chi connectivity index (χ0n) is 18.7. The van der Waals surface area contributed by atoms with E-state index in [1.807, 2.05) is 29.1 Å². The van der Waals surface area contributed by atoms with Crippen molar-refractivity contribution in [1.82, 2.24) is 24.6 Å². The summed E-state index contributed by atoms with van der Waals surface area (Å²) in [6.45, 7) is 4.70. The lowest BCUT2D eigenvalue weighted by Gasteiger charge is -2.30. The minimum Gasteiger partial charge on any atom is -0.302 e. The Bertz CT molecular complexity index is 1390. The molecule has 34 heavy (non-hydrogen) atoms. The summed E-state index contributed by atoms with van der Waals surface area (Å²) < 4.78 is 1.95. The number of hydrogen-bond donors (Lipinski definition) is 1. The molecule has 0 saturated carbocycles. The van der Waals surface area contributed by atoms with Crippen LogP contribution in [-0.2, 0) is 24.2 Å². The second-order valence-corrected chi connectivity index (χ2v) is 10.1. The molecule has 1 fully saturated rings. The van der Waals surface area contributed by atoms with Gasteiger partial charge in [-0.05, 0) is 62.2 Å². The minimum absolute atomic E-state index is 0.128. The van der Waals surface area contributed by atoms with Gasteiger partial charge in [0.05, 0.1) is 32.7 Å². The van der Waals surface area contributed by atoms with Crippen molar-refractivity contribution < 1.29 is 4.79 Å². The summed E-state index contributed by atoms with van der Waals surface area (Å²) in [5.41, 5.74) is 7.04. The number of benzene rings is 1. The van der Waals surface area contributed by atoms with Gasteiger partial charge in [-0.2, -0.15) is 5.10 Å². The van der Waals surface area contributed by atoms with E-state index in [0.29, 0.717) is 10.2 Å². The van der Waals surface area contributed by atoms with Crippen LogP contribution < -0.4 is 5.32 Å². The maximum Gasteiger partial charge on any atom is 0.223 e. The first kappa shape index (κ1) is 21.5. The topological polar surface area (TPSA) is 75.9 Å². The van der Waals surface area contributed by atoms with Gasteiger partial charge in [-0.3, -0.25) is 14.7 Å². The number of anilines is 1. The van der Waals surface area contributed by atoms with E-state index in [2.05, 4.69) is 32.3 Å². The van der Waals surface area contributed by atoms with Crippen molar-refractivity contribution in [2.45, 2.75) is 32.7 Å². The zero-order chi connectivity index (χ0) is 23.2. The SMILES string of the molecule is CC(=O)Nc1nc2c(s1)-c1c(c(-c3cccnc3)nn1-c1ccc(CN3CCC3)cc1Cl)CC2. The molecule has 1 aromatic carbocycles. The molecule has 0 radical (unpaired) electrons. The van der Waals surface area contributed by atoms with E-state index < -0.39 is 0 Å². The van der Waals surface area contributed by atoms with Crippen LogP contribution in [0.5, 0.6) is 0 Å². The van der Waals surface area contributed by atoms with Crippen LogP contribution in [0.4, 0.5) is 5.13 Å². The molecule has 6 rings (SSSR count). The Kier molecular flexibility index (Phi) is 5.44. The Morgan fingerprint density at radius 3 is 2.82 bits per heavy atom. The Balaban J connectivity index is 1.49. The number of fused-ring (bicyclic) bond motifs is 3. The number of nitrogens with zero attached hydrogens (tertiary/aromatic N) is 5. The smallest absolute Gasteiger partial charge is 0.223 e. The summed E-state index contributed by atoms with van der Waals surface area (Å²) in [5, 5.41) is 9.17. The van der Waals surface area contributed by atoms with Crippen molar-refractivity contribution in [3.8, 4) is 27.5 Å². The molecule has 172 valence electrons. The summed E-state index contributed by atoms with van der Waals surface area (Å²) in [6, 6.07) is 10.2. The average molecular weight is 491 g/mol. The molecule has 0 atom stereocenters. The van der Waals surface area contributed by atoms with Crippen LogP contribution in [0, 0.1) is 0 Å². The fraction of sp³-hybridized carbons (Fsp3) is 0.280. The van der Waals surface area contributed by atoms with Gasteiger partial charge in [-0.1, -0.05) is 29.0 Å². The number of nitrogens with one attached hydrogen (secondary N) is 1. The van der Waals surface area contributed by atoms with E-state index in [1.165, 1.54) is 30.2 Å². The summed E-state index contributed by atoms with van der Waals surface area (Å²) in [4.78, 5) is 24.1. The van der Waals surface area contributed by atoms with Crippen LogP contribution in [-0.4, -0.2) is 43.6 Å². The van der Waals surface area contributed by atoms with Gasteiger partial charge in [0.1, 0.15) is 0 Å². The highest BCUT2D eigenvalue weighted by molar-refractivity contribution is 7.19. The molecule has 1 aliphatic heterocycles. The van der Waals surface area contributed by atoms with Crippen LogP contribution >= 0.6 is 22.9 Å². The number of aryl methyl sites for hydroxylation is 1. The first-order valence-corrected chi connectivity index (χ1v) is 12.6. The molecular weight excluding hydrogens is 468 g/mol. The number of aromatic nitrogens is 4. The summed E-state index contributed by atoms with van der Waals surface area (Å²) >= 11 is 8.33. The summed E-state index contributed by atoms with van der Waals surface area (Å²) in [6.07, 6.45) is 6.47. The highest BCUT2D eigenvalue weighted by Crippen LogP contribution is 2.44. The predicted octanol–water partition coefficient (Wildman–Crippen LogP) is 4.97. The van der Waals surface area contributed by atoms with Gasteiger partial charge in [0.15, 0.2) is 5.13 Å². The lowest BCUT2D eigenvalue weighted by Crippen LogP contribution is -2.36. The van der Waals surface area contributed by atoms with Crippen molar-refractivity contribution in [1.29, 1.82) is 0 Å². The van der Waals surface area contributed by atoms with Crippen molar-refractivity contribution in [2.24, 2.45) is 0 Å². The highest BCUT2D eigenvalue weighted by Gasteiger charge is 2.30. The van der Waals surface area contributed by atoms with Gasteiger partial charge in [-0.15, -0.1) is 0 Å².